The Morgan fingerprint density at radius 2 is 1.97 bits per heavy atom. The second kappa shape index (κ2) is 9.41. The van der Waals surface area contributed by atoms with Crippen LogP contribution in [0.3, 0.4) is 0 Å². The van der Waals surface area contributed by atoms with Gasteiger partial charge in [-0.2, -0.15) is 0 Å². The van der Waals surface area contributed by atoms with Gasteiger partial charge in [-0.05, 0) is 48.6 Å². The molecule has 7 heteroatoms. The van der Waals surface area contributed by atoms with E-state index in [2.05, 4.69) is 17.2 Å². The number of benzene rings is 1. The van der Waals surface area contributed by atoms with E-state index >= 15 is 0 Å². The van der Waals surface area contributed by atoms with Gasteiger partial charge in [0.25, 0.3) is 11.8 Å². The van der Waals surface area contributed by atoms with Crippen LogP contribution in [0.5, 0.6) is 11.5 Å². The molecule has 0 saturated carbocycles. The molecule has 7 nitrogen and oxygen atoms in total. The Morgan fingerprint density at radius 1 is 1.17 bits per heavy atom. The summed E-state index contributed by atoms with van der Waals surface area (Å²) in [5.41, 5.74) is 1.58. The molecule has 0 spiro atoms. The first-order valence-electron chi connectivity index (χ1n) is 9.76. The number of methoxy groups -OCH3 is 2. The molecule has 3 rings (SSSR count). The van der Waals surface area contributed by atoms with Crippen LogP contribution < -0.4 is 14.8 Å². The molecule has 2 heterocycles. The van der Waals surface area contributed by atoms with Gasteiger partial charge >= 0.3 is 0 Å². The van der Waals surface area contributed by atoms with Crippen molar-refractivity contribution in [2.45, 2.75) is 26.3 Å². The first-order chi connectivity index (χ1) is 14.0. The molecule has 0 radical (unpaired) electrons. The molecule has 2 amide bonds. The number of rotatable bonds is 6. The summed E-state index contributed by atoms with van der Waals surface area (Å²) in [6.07, 6.45) is 3.66. The number of hydrogen-bond donors (Lipinski definition) is 1. The smallest absolute Gasteiger partial charge is 0.270 e. The van der Waals surface area contributed by atoms with Crippen LogP contribution in [0.2, 0.25) is 0 Å². The summed E-state index contributed by atoms with van der Waals surface area (Å²) < 4.78 is 10.5. The zero-order chi connectivity index (χ0) is 20.8. The number of nitrogens with zero attached hydrogens (tertiary/aromatic N) is 2. The van der Waals surface area contributed by atoms with Gasteiger partial charge in [0.15, 0.2) is 11.5 Å². The summed E-state index contributed by atoms with van der Waals surface area (Å²) in [4.78, 5) is 31.3. The fraction of sp³-hybridized carbons (Fsp3) is 0.409. The average Bonchev–Trinajstić information content (AvgIpc) is 2.76. The summed E-state index contributed by atoms with van der Waals surface area (Å²) in [7, 11) is 3.14. The molecule has 1 aliphatic heterocycles. The second-order valence-corrected chi connectivity index (χ2v) is 7.30. The van der Waals surface area contributed by atoms with E-state index in [0.29, 0.717) is 29.5 Å². The lowest BCUT2D eigenvalue weighted by atomic mass is 9.99. The minimum Gasteiger partial charge on any atom is -0.493 e. The fourth-order valence-electron chi connectivity index (χ4n) is 3.51. The van der Waals surface area contributed by atoms with Crippen molar-refractivity contribution in [3.05, 3.63) is 53.3 Å². The number of ether oxygens (including phenoxy) is 2. The van der Waals surface area contributed by atoms with E-state index in [1.807, 2.05) is 17.0 Å². The highest BCUT2D eigenvalue weighted by Gasteiger charge is 2.23. The van der Waals surface area contributed by atoms with E-state index in [0.717, 1.165) is 31.5 Å². The normalized spacial score (nSPS) is 16.2. The first-order valence-corrected chi connectivity index (χ1v) is 9.76. The minimum atomic E-state index is -0.332. The van der Waals surface area contributed by atoms with Crippen LogP contribution in [0.1, 0.15) is 46.2 Å². The number of carbonyl (C=O) groups excluding carboxylic acids is 2. The number of pyridine rings is 1. The third kappa shape index (κ3) is 5.04. The van der Waals surface area contributed by atoms with Crippen LogP contribution in [-0.2, 0) is 6.54 Å². The van der Waals surface area contributed by atoms with Crippen molar-refractivity contribution >= 4 is 11.8 Å². The molecular formula is C22H27N3O4. The summed E-state index contributed by atoms with van der Waals surface area (Å²) >= 11 is 0. The highest BCUT2D eigenvalue weighted by molar-refractivity contribution is 5.98. The van der Waals surface area contributed by atoms with Gasteiger partial charge in [0.2, 0.25) is 0 Å². The van der Waals surface area contributed by atoms with Crippen LogP contribution in [0, 0.1) is 5.92 Å². The number of hydrogen-bond acceptors (Lipinski definition) is 5. The summed E-state index contributed by atoms with van der Waals surface area (Å²) in [5, 5.41) is 2.83. The van der Waals surface area contributed by atoms with Crippen LogP contribution in [0.4, 0.5) is 0 Å². The topological polar surface area (TPSA) is 80.8 Å². The Bertz CT molecular complexity index is 884. The van der Waals surface area contributed by atoms with Crippen molar-refractivity contribution in [2.75, 3.05) is 27.3 Å². The lowest BCUT2D eigenvalue weighted by Gasteiger charge is -2.31. The minimum absolute atomic E-state index is 0.0482. The molecule has 1 fully saturated rings. The predicted octanol–water partition coefficient (Wildman–Crippen LogP) is 2.90. The van der Waals surface area contributed by atoms with Gasteiger partial charge in [0, 0.05) is 31.4 Å². The van der Waals surface area contributed by atoms with E-state index in [9.17, 15) is 9.59 Å². The Labute approximate surface area is 171 Å². The zero-order valence-electron chi connectivity index (χ0n) is 17.1. The van der Waals surface area contributed by atoms with Crippen LogP contribution >= 0.6 is 0 Å². The van der Waals surface area contributed by atoms with E-state index < -0.39 is 0 Å². The van der Waals surface area contributed by atoms with Crippen LogP contribution in [0.25, 0.3) is 0 Å². The van der Waals surface area contributed by atoms with E-state index in [1.165, 1.54) is 6.20 Å². The second-order valence-electron chi connectivity index (χ2n) is 7.30. The van der Waals surface area contributed by atoms with E-state index in [-0.39, 0.29) is 17.5 Å². The molecule has 0 aliphatic carbocycles. The Kier molecular flexibility index (Phi) is 6.69. The first kappa shape index (κ1) is 20.6. The number of nitrogens with one attached hydrogen (secondary N) is 1. The maximum Gasteiger partial charge on any atom is 0.270 e. The Hall–Kier alpha value is -3.09. The molecule has 0 bridgehead atoms. The maximum atomic E-state index is 12.8. The number of aromatic nitrogens is 1. The molecule has 1 atom stereocenters. The van der Waals surface area contributed by atoms with Gasteiger partial charge in [0.1, 0.15) is 5.69 Å². The number of carbonyl (C=O) groups is 2. The molecule has 1 N–H and O–H groups in total. The van der Waals surface area contributed by atoms with Gasteiger partial charge in [-0.15, -0.1) is 0 Å². The molecular weight excluding hydrogens is 370 g/mol. The van der Waals surface area contributed by atoms with E-state index in [1.54, 1.807) is 32.4 Å². The molecule has 29 heavy (non-hydrogen) atoms. The zero-order valence-corrected chi connectivity index (χ0v) is 17.1. The highest BCUT2D eigenvalue weighted by Crippen LogP contribution is 2.27. The SMILES string of the molecule is COc1ccc(CNC(=O)c2cc(C(=O)N3CCCC(C)C3)ccn2)cc1OC. The summed E-state index contributed by atoms with van der Waals surface area (Å²) in [5.74, 6) is 1.34. The average molecular weight is 397 g/mol. The van der Waals surface area contributed by atoms with Crippen molar-refractivity contribution in [2.24, 2.45) is 5.92 Å². The summed E-state index contributed by atoms with van der Waals surface area (Å²) in [6.45, 7) is 3.97. The Morgan fingerprint density at radius 3 is 2.69 bits per heavy atom. The number of piperidine rings is 1. The van der Waals surface area contributed by atoms with Crippen molar-refractivity contribution in [1.82, 2.24) is 15.2 Å². The van der Waals surface area contributed by atoms with Gasteiger partial charge in [-0.1, -0.05) is 13.0 Å². The quantitative estimate of drug-likeness (QED) is 0.811. The van der Waals surface area contributed by atoms with Crippen molar-refractivity contribution in [3.8, 4) is 11.5 Å². The van der Waals surface area contributed by atoms with Crippen molar-refractivity contribution < 1.29 is 19.1 Å². The van der Waals surface area contributed by atoms with Crippen LogP contribution in [-0.4, -0.2) is 49.0 Å². The molecule has 2 aromatic rings. The van der Waals surface area contributed by atoms with Crippen molar-refractivity contribution in [1.29, 1.82) is 0 Å². The van der Waals surface area contributed by atoms with Gasteiger partial charge in [-0.3, -0.25) is 14.6 Å². The third-order valence-electron chi connectivity index (χ3n) is 5.08. The lowest BCUT2D eigenvalue weighted by molar-refractivity contribution is 0.0683. The predicted molar refractivity (Wildman–Crippen MR) is 109 cm³/mol. The number of amides is 2. The highest BCUT2D eigenvalue weighted by atomic mass is 16.5. The van der Waals surface area contributed by atoms with Crippen LogP contribution in [0.15, 0.2) is 36.5 Å². The molecule has 1 saturated heterocycles. The molecule has 1 unspecified atom stereocenters. The Balaban J connectivity index is 1.66. The third-order valence-corrected chi connectivity index (χ3v) is 5.08. The molecule has 154 valence electrons. The van der Waals surface area contributed by atoms with Gasteiger partial charge < -0.3 is 19.7 Å². The number of likely N-dealkylation sites (tertiary alicyclic amines) is 1. The monoisotopic (exact) mass is 397 g/mol. The molecule has 1 aromatic carbocycles. The standard InChI is InChI=1S/C22H27N3O4/c1-15-5-4-10-25(14-15)22(27)17-8-9-23-18(12-17)21(26)24-13-16-6-7-19(28-2)20(11-16)29-3/h6-9,11-12,15H,4-5,10,13-14H2,1-3H3,(H,24,26). The van der Waals surface area contributed by atoms with Gasteiger partial charge in [0.05, 0.1) is 14.2 Å². The fourth-order valence-corrected chi connectivity index (χ4v) is 3.51. The molecule has 1 aliphatic rings. The molecule has 1 aromatic heterocycles. The lowest BCUT2D eigenvalue weighted by Crippen LogP contribution is -2.39. The van der Waals surface area contributed by atoms with Gasteiger partial charge in [-0.25, -0.2) is 0 Å². The summed E-state index contributed by atoms with van der Waals surface area (Å²) in [6, 6.07) is 8.67. The van der Waals surface area contributed by atoms with Crippen molar-refractivity contribution in [3.63, 3.8) is 0 Å². The largest absolute Gasteiger partial charge is 0.493 e. The van der Waals surface area contributed by atoms with E-state index in [4.69, 9.17) is 9.47 Å². The maximum absolute atomic E-state index is 12.8.